The molecule has 7 nitrogen and oxygen atoms in total. The van der Waals surface area contributed by atoms with E-state index in [4.69, 9.17) is 14.2 Å². The highest BCUT2D eigenvalue weighted by atomic mass is 16.6. The number of carbonyl (C=O) groups excluding carboxylic acids is 4. The molecular formula is C20H34O7. The lowest BCUT2D eigenvalue weighted by atomic mass is 9.89. The Hall–Kier alpha value is -1.76. The van der Waals surface area contributed by atoms with Crippen molar-refractivity contribution in [2.75, 3.05) is 26.4 Å². The lowest BCUT2D eigenvalue weighted by molar-refractivity contribution is -0.155. The fourth-order valence-corrected chi connectivity index (χ4v) is 2.75. The fourth-order valence-electron chi connectivity index (χ4n) is 2.75. The van der Waals surface area contributed by atoms with Gasteiger partial charge in [0.1, 0.15) is 36.6 Å². The number of rotatable bonds is 14. The van der Waals surface area contributed by atoms with Crippen molar-refractivity contribution in [2.24, 2.45) is 23.7 Å². The summed E-state index contributed by atoms with van der Waals surface area (Å²) in [5.41, 5.74) is 0. The molecular weight excluding hydrogens is 352 g/mol. The zero-order valence-corrected chi connectivity index (χ0v) is 17.4. The second-order valence-corrected chi connectivity index (χ2v) is 6.90. The summed E-state index contributed by atoms with van der Waals surface area (Å²) < 4.78 is 15.5. The van der Waals surface area contributed by atoms with Gasteiger partial charge in [0.05, 0.1) is 13.2 Å². The van der Waals surface area contributed by atoms with Gasteiger partial charge < -0.3 is 14.2 Å². The first kappa shape index (κ1) is 25.2. The molecule has 0 aliphatic carbocycles. The Morgan fingerprint density at radius 2 is 1.00 bits per heavy atom. The van der Waals surface area contributed by atoms with Gasteiger partial charge in [-0.25, -0.2) is 0 Å². The van der Waals surface area contributed by atoms with Crippen LogP contribution in [-0.2, 0) is 33.4 Å². The van der Waals surface area contributed by atoms with Gasteiger partial charge in [0, 0.05) is 0 Å². The lowest BCUT2D eigenvalue weighted by Gasteiger charge is -2.19. The van der Waals surface area contributed by atoms with E-state index in [0.717, 1.165) is 0 Å². The van der Waals surface area contributed by atoms with Crippen molar-refractivity contribution in [3.63, 3.8) is 0 Å². The van der Waals surface area contributed by atoms with Crippen LogP contribution in [0.2, 0.25) is 0 Å². The Labute approximate surface area is 162 Å². The van der Waals surface area contributed by atoms with Crippen LogP contribution in [0.3, 0.4) is 0 Å². The molecule has 0 saturated heterocycles. The zero-order chi connectivity index (χ0) is 21.0. The monoisotopic (exact) mass is 386 g/mol. The molecule has 0 fully saturated rings. The van der Waals surface area contributed by atoms with E-state index < -0.39 is 23.8 Å². The molecule has 0 spiro atoms. The van der Waals surface area contributed by atoms with Gasteiger partial charge in [-0.1, -0.05) is 40.5 Å². The van der Waals surface area contributed by atoms with E-state index in [1.54, 1.807) is 0 Å². The average Bonchev–Trinajstić information content (AvgIpc) is 2.59. The summed E-state index contributed by atoms with van der Waals surface area (Å²) in [6.45, 7) is 10.6. The van der Waals surface area contributed by atoms with Crippen LogP contribution in [0.4, 0.5) is 0 Å². The van der Waals surface area contributed by atoms with Crippen LogP contribution in [0.1, 0.15) is 54.4 Å². The summed E-state index contributed by atoms with van der Waals surface area (Å²) in [5.74, 6) is -3.13. The van der Waals surface area contributed by atoms with Crippen molar-refractivity contribution in [3.05, 3.63) is 0 Å². The van der Waals surface area contributed by atoms with Crippen LogP contribution in [-0.4, -0.2) is 49.9 Å². The summed E-state index contributed by atoms with van der Waals surface area (Å²) in [7, 11) is 0. The molecule has 0 saturated carbocycles. The van der Waals surface area contributed by atoms with Crippen molar-refractivity contribution in [1.82, 2.24) is 0 Å². The van der Waals surface area contributed by atoms with Gasteiger partial charge >= 0.3 is 11.9 Å². The van der Waals surface area contributed by atoms with E-state index in [9.17, 15) is 19.2 Å². The van der Waals surface area contributed by atoms with Gasteiger partial charge in [-0.05, 0) is 25.7 Å². The minimum atomic E-state index is -0.750. The van der Waals surface area contributed by atoms with Gasteiger partial charge in [0.25, 0.3) is 0 Å². The van der Waals surface area contributed by atoms with E-state index in [1.165, 1.54) is 13.8 Å². The molecule has 0 aromatic rings. The highest BCUT2D eigenvalue weighted by molar-refractivity contribution is 5.98. The highest BCUT2D eigenvalue weighted by Crippen LogP contribution is 2.19. The Bertz CT molecular complexity index is 457. The quantitative estimate of drug-likeness (QED) is 0.257. The first-order valence-electron chi connectivity index (χ1n) is 9.59. The van der Waals surface area contributed by atoms with Crippen LogP contribution in [0, 0.1) is 23.7 Å². The van der Waals surface area contributed by atoms with Crippen LogP contribution in [0.5, 0.6) is 0 Å². The predicted molar refractivity (Wildman–Crippen MR) is 100.0 cm³/mol. The maximum atomic E-state index is 12.0. The highest BCUT2D eigenvalue weighted by Gasteiger charge is 2.30. The molecule has 4 unspecified atom stereocenters. The smallest absolute Gasteiger partial charge is 0.316 e. The molecule has 0 aliphatic heterocycles. The summed E-state index contributed by atoms with van der Waals surface area (Å²) in [6.07, 6.45) is 1.41. The zero-order valence-electron chi connectivity index (χ0n) is 17.4. The predicted octanol–water partition coefficient (Wildman–Crippen LogP) is 2.59. The molecule has 0 bridgehead atoms. The Morgan fingerprint density at radius 1 is 0.667 bits per heavy atom. The molecule has 27 heavy (non-hydrogen) atoms. The molecule has 0 N–H and O–H groups in total. The number of esters is 2. The Balaban J connectivity index is 4.10. The van der Waals surface area contributed by atoms with E-state index >= 15 is 0 Å². The van der Waals surface area contributed by atoms with Gasteiger partial charge in [-0.15, -0.1) is 0 Å². The minimum absolute atomic E-state index is 0.0237. The first-order chi connectivity index (χ1) is 12.7. The first-order valence-corrected chi connectivity index (χ1v) is 9.59. The number of ether oxygens (including phenoxy) is 3. The summed E-state index contributed by atoms with van der Waals surface area (Å²) in [4.78, 5) is 47.2. The Morgan fingerprint density at radius 3 is 1.26 bits per heavy atom. The second-order valence-electron chi connectivity index (χ2n) is 6.90. The SMILES string of the molecule is CCC(C)C(C(C)=O)C(=O)OCCOCCOC(=O)C(C(C)=O)C(C)CC. The normalized spacial score (nSPS) is 15.3. The summed E-state index contributed by atoms with van der Waals surface area (Å²) in [6, 6.07) is 0. The standard InChI is InChI=1S/C20H34O7/c1-7-13(3)17(15(5)21)19(23)26-11-9-25-10-12-27-20(24)18(16(6)22)14(4)8-2/h13-14,17-18H,7-12H2,1-6H3. The van der Waals surface area contributed by atoms with Crippen molar-refractivity contribution < 1.29 is 33.4 Å². The van der Waals surface area contributed by atoms with Gasteiger partial charge in [-0.2, -0.15) is 0 Å². The fraction of sp³-hybridized carbons (Fsp3) is 0.800. The molecule has 7 heteroatoms. The summed E-state index contributed by atoms with van der Waals surface area (Å²) in [5, 5.41) is 0. The third-order valence-corrected chi connectivity index (χ3v) is 4.75. The van der Waals surface area contributed by atoms with E-state index in [2.05, 4.69) is 0 Å². The van der Waals surface area contributed by atoms with Gasteiger partial charge in [0.15, 0.2) is 0 Å². The molecule has 0 heterocycles. The molecule has 0 amide bonds. The number of Topliss-reactive ketones (excluding diaryl/α,β-unsaturated/α-hetero) is 2. The van der Waals surface area contributed by atoms with E-state index in [0.29, 0.717) is 12.8 Å². The summed E-state index contributed by atoms with van der Waals surface area (Å²) >= 11 is 0. The largest absolute Gasteiger partial charge is 0.463 e. The van der Waals surface area contributed by atoms with Crippen LogP contribution in [0.15, 0.2) is 0 Å². The molecule has 0 aromatic heterocycles. The molecule has 0 radical (unpaired) electrons. The lowest BCUT2D eigenvalue weighted by Crippen LogP contribution is -2.31. The van der Waals surface area contributed by atoms with Crippen molar-refractivity contribution in [1.29, 1.82) is 0 Å². The number of ketones is 2. The number of hydrogen-bond donors (Lipinski definition) is 0. The van der Waals surface area contributed by atoms with Gasteiger partial charge in [-0.3, -0.25) is 19.2 Å². The van der Waals surface area contributed by atoms with Crippen LogP contribution in [0.25, 0.3) is 0 Å². The number of hydrogen-bond acceptors (Lipinski definition) is 7. The van der Waals surface area contributed by atoms with Crippen molar-refractivity contribution in [3.8, 4) is 0 Å². The van der Waals surface area contributed by atoms with E-state index in [-0.39, 0.29) is 49.8 Å². The maximum absolute atomic E-state index is 12.0. The third-order valence-electron chi connectivity index (χ3n) is 4.75. The molecule has 156 valence electrons. The molecule has 4 atom stereocenters. The third kappa shape index (κ3) is 9.13. The van der Waals surface area contributed by atoms with Crippen LogP contribution < -0.4 is 0 Å². The second kappa shape index (κ2) is 13.4. The minimum Gasteiger partial charge on any atom is -0.463 e. The molecule has 0 aromatic carbocycles. The Kier molecular flexibility index (Phi) is 12.5. The molecule has 0 aliphatic rings. The molecule has 0 rings (SSSR count). The van der Waals surface area contributed by atoms with Crippen LogP contribution >= 0.6 is 0 Å². The maximum Gasteiger partial charge on any atom is 0.316 e. The van der Waals surface area contributed by atoms with E-state index in [1.807, 2.05) is 27.7 Å². The van der Waals surface area contributed by atoms with Crippen molar-refractivity contribution in [2.45, 2.75) is 54.4 Å². The average molecular weight is 386 g/mol. The van der Waals surface area contributed by atoms with Crippen molar-refractivity contribution >= 4 is 23.5 Å². The topological polar surface area (TPSA) is 96.0 Å². The number of carbonyl (C=O) groups is 4. The van der Waals surface area contributed by atoms with Gasteiger partial charge in [0.2, 0.25) is 0 Å².